The molecule has 0 aliphatic heterocycles. The molecule has 2 aromatic rings. The normalized spacial score (nSPS) is 11.4. The number of benzene rings is 2. The molecule has 0 spiro atoms. The van der Waals surface area contributed by atoms with Gasteiger partial charge in [-0.25, -0.2) is 0 Å². The Labute approximate surface area is 145 Å². The Morgan fingerprint density at radius 2 is 1.92 bits per heavy atom. The number of nitrogens with zero attached hydrogens (tertiary/aromatic N) is 1. The molecular weight excluding hydrogens is 324 g/mol. The smallest absolute Gasteiger partial charge is 0.195 e. The predicted octanol–water partition coefficient (Wildman–Crippen LogP) is 3.44. The number of para-hydroxylation sites is 1. The van der Waals surface area contributed by atoms with E-state index in [4.69, 9.17) is 15.2 Å². The maximum absolute atomic E-state index is 12.8. The molecule has 0 fully saturated rings. The zero-order valence-electron chi connectivity index (χ0n) is 13.7. The first kappa shape index (κ1) is 17.7. The van der Waals surface area contributed by atoms with Gasteiger partial charge in [0.15, 0.2) is 17.3 Å². The van der Waals surface area contributed by atoms with E-state index in [9.17, 15) is 10.1 Å². The molecule has 2 aromatic carbocycles. The Morgan fingerprint density at radius 1 is 1.21 bits per heavy atom. The summed E-state index contributed by atoms with van der Waals surface area (Å²) >= 11 is 1.38. The molecule has 0 aromatic heterocycles. The summed E-state index contributed by atoms with van der Waals surface area (Å²) in [4.78, 5) is 12.8. The molecule has 124 valence electrons. The van der Waals surface area contributed by atoms with Crippen molar-refractivity contribution in [1.82, 2.24) is 0 Å². The summed E-state index contributed by atoms with van der Waals surface area (Å²) in [6, 6.07) is 12.3. The fourth-order valence-corrected chi connectivity index (χ4v) is 2.96. The quantitative estimate of drug-likeness (QED) is 0.639. The Balaban J connectivity index is 2.48. The van der Waals surface area contributed by atoms with Crippen LogP contribution in [0.5, 0.6) is 11.5 Å². The highest BCUT2D eigenvalue weighted by Crippen LogP contribution is 2.34. The Hall–Kier alpha value is -2.65. The maximum atomic E-state index is 12.8. The fourth-order valence-electron chi connectivity index (χ4n) is 2.39. The summed E-state index contributed by atoms with van der Waals surface area (Å²) < 4.78 is 10.4. The van der Waals surface area contributed by atoms with Gasteiger partial charge in [-0.2, -0.15) is 5.26 Å². The molecule has 24 heavy (non-hydrogen) atoms. The van der Waals surface area contributed by atoms with E-state index in [1.807, 2.05) is 6.26 Å². The average Bonchev–Trinajstić information content (AvgIpc) is 2.62. The zero-order chi connectivity index (χ0) is 17.7. The van der Waals surface area contributed by atoms with E-state index in [-0.39, 0.29) is 5.78 Å². The second-order valence-electron chi connectivity index (χ2n) is 4.95. The number of ether oxygens (including phenoxy) is 2. The lowest BCUT2D eigenvalue weighted by Gasteiger charge is -2.14. The summed E-state index contributed by atoms with van der Waals surface area (Å²) in [7, 11) is 3.04. The van der Waals surface area contributed by atoms with Crippen LogP contribution in [0.1, 0.15) is 26.7 Å². The van der Waals surface area contributed by atoms with Gasteiger partial charge >= 0.3 is 0 Å². The first-order valence-electron chi connectivity index (χ1n) is 7.14. The highest BCUT2D eigenvalue weighted by atomic mass is 32.2. The van der Waals surface area contributed by atoms with E-state index < -0.39 is 5.25 Å². The topological polar surface area (TPSA) is 85.3 Å². The van der Waals surface area contributed by atoms with Crippen molar-refractivity contribution < 1.29 is 14.3 Å². The van der Waals surface area contributed by atoms with Crippen molar-refractivity contribution >= 4 is 23.2 Å². The van der Waals surface area contributed by atoms with Crippen LogP contribution in [-0.2, 0) is 0 Å². The summed E-state index contributed by atoms with van der Waals surface area (Å²) in [5.74, 6) is 0.785. The lowest BCUT2D eigenvalue weighted by Crippen LogP contribution is -2.09. The van der Waals surface area contributed by atoms with Crippen molar-refractivity contribution in [3.63, 3.8) is 0 Å². The van der Waals surface area contributed by atoms with Gasteiger partial charge in [0, 0.05) is 22.4 Å². The minimum atomic E-state index is -0.414. The van der Waals surface area contributed by atoms with E-state index in [1.54, 1.807) is 36.4 Å². The molecule has 2 N–H and O–H groups in total. The van der Waals surface area contributed by atoms with Gasteiger partial charge in [0.1, 0.15) is 5.25 Å². The van der Waals surface area contributed by atoms with Crippen molar-refractivity contribution in [2.75, 3.05) is 26.2 Å². The molecule has 2 rings (SSSR count). The highest BCUT2D eigenvalue weighted by Gasteiger charge is 2.20. The molecule has 0 amide bonds. The van der Waals surface area contributed by atoms with Gasteiger partial charge in [-0.1, -0.05) is 12.1 Å². The number of methoxy groups -OCH3 is 2. The molecule has 0 radical (unpaired) electrons. The SMILES string of the molecule is COc1ccc(C(=O)c2cccc(C(C#N)SC)c2N)cc1OC. The minimum Gasteiger partial charge on any atom is -0.493 e. The Morgan fingerprint density at radius 3 is 2.50 bits per heavy atom. The molecule has 0 aliphatic carbocycles. The second kappa shape index (κ2) is 7.75. The molecule has 0 heterocycles. The third-order valence-electron chi connectivity index (χ3n) is 3.67. The van der Waals surface area contributed by atoms with Crippen LogP contribution >= 0.6 is 11.8 Å². The number of nitrogen functional groups attached to an aromatic ring is 1. The molecule has 5 nitrogen and oxygen atoms in total. The van der Waals surface area contributed by atoms with Crippen molar-refractivity contribution in [3.8, 4) is 17.6 Å². The lowest BCUT2D eigenvalue weighted by molar-refractivity contribution is 0.103. The number of nitriles is 1. The predicted molar refractivity (Wildman–Crippen MR) is 95.7 cm³/mol. The molecule has 1 atom stereocenters. The van der Waals surface area contributed by atoms with Crippen LogP contribution in [0.2, 0.25) is 0 Å². The van der Waals surface area contributed by atoms with Gasteiger partial charge in [0.2, 0.25) is 0 Å². The van der Waals surface area contributed by atoms with Crippen molar-refractivity contribution in [3.05, 3.63) is 53.1 Å². The highest BCUT2D eigenvalue weighted by molar-refractivity contribution is 7.99. The number of anilines is 1. The standard InChI is InChI=1S/C18H18N2O3S/c1-22-14-8-7-11(9-15(14)23-2)18(21)13-6-4-5-12(17(13)20)16(10-19)24-3/h4-9,16H,20H2,1-3H3. The minimum absolute atomic E-state index is 0.229. The van der Waals surface area contributed by atoms with Crippen LogP contribution in [0.25, 0.3) is 0 Å². The number of nitrogens with two attached hydrogens (primary N) is 1. The number of hydrogen-bond acceptors (Lipinski definition) is 6. The van der Waals surface area contributed by atoms with Gasteiger partial charge in [0.05, 0.1) is 20.3 Å². The van der Waals surface area contributed by atoms with Crippen LogP contribution in [0.3, 0.4) is 0 Å². The van der Waals surface area contributed by atoms with Crippen LogP contribution in [0.15, 0.2) is 36.4 Å². The third-order valence-corrected chi connectivity index (χ3v) is 4.50. The Bertz CT molecular complexity index is 799. The van der Waals surface area contributed by atoms with E-state index in [0.29, 0.717) is 33.9 Å². The number of carbonyl (C=O) groups is 1. The molecular formula is C18H18N2O3S. The van der Waals surface area contributed by atoms with Gasteiger partial charge in [-0.05, 0) is 30.5 Å². The molecule has 0 bridgehead atoms. The summed E-state index contributed by atoms with van der Waals surface area (Å²) in [6.07, 6.45) is 1.83. The molecule has 1 unspecified atom stereocenters. The zero-order valence-corrected chi connectivity index (χ0v) is 14.5. The van der Waals surface area contributed by atoms with Crippen LogP contribution < -0.4 is 15.2 Å². The first-order valence-corrected chi connectivity index (χ1v) is 8.43. The van der Waals surface area contributed by atoms with Gasteiger partial charge < -0.3 is 15.2 Å². The Kier molecular flexibility index (Phi) is 5.72. The average molecular weight is 342 g/mol. The van der Waals surface area contributed by atoms with E-state index >= 15 is 0 Å². The van der Waals surface area contributed by atoms with Gasteiger partial charge in [0.25, 0.3) is 0 Å². The number of carbonyl (C=O) groups excluding carboxylic acids is 1. The molecule has 6 heteroatoms. The maximum Gasteiger partial charge on any atom is 0.195 e. The first-order chi connectivity index (χ1) is 11.6. The van der Waals surface area contributed by atoms with Crippen LogP contribution in [0.4, 0.5) is 5.69 Å². The summed E-state index contributed by atoms with van der Waals surface area (Å²) in [6.45, 7) is 0. The number of ketones is 1. The third kappa shape index (κ3) is 3.31. The van der Waals surface area contributed by atoms with Crippen molar-refractivity contribution in [2.24, 2.45) is 0 Å². The van der Waals surface area contributed by atoms with Crippen LogP contribution in [-0.4, -0.2) is 26.3 Å². The second-order valence-corrected chi connectivity index (χ2v) is 5.90. The van der Waals surface area contributed by atoms with Gasteiger partial charge in [-0.15, -0.1) is 11.8 Å². The summed E-state index contributed by atoms with van der Waals surface area (Å²) in [5.41, 5.74) is 7.95. The molecule has 0 saturated carbocycles. The van der Waals surface area contributed by atoms with E-state index in [0.717, 1.165) is 0 Å². The lowest BCUT2D eigenvalue weighted by atomic mass is 9.97. The number of hydrogen-bond donors (Lipinski definition) is 1. The van der Waals surface area contributed by atoms with E-state index in [1.165, 1.54) is 26.0 Å². The fraction of sp³-hybridized carbons (Fsp3) is 0.222. The summed E-state index contributed by atoms with van der Waals surface area (Å²) in [5, 5.41) is 8.82. The van der Waals surface area contributed by atoms with Gasteiger partial charge in [-0.3, -0.25) is 4.79 Å². The van der Waals surface area contributed by atoms with Crippen molar-refractivity contribution in [2.45, 2.75) is 5.25 Å². The largest absolute Gasteiger partial charge is 0.493 e. The number of rotatable bonds is 6. The van der Waals surface area contributed by atoms with E-state index in [2.05, 4.69) is 6.07 Å². The molecule has 0 aliphatic rings. The van der Waals surface area contributed by atoms with Crippen molar-refractivity contribution in [1.29, 1.82) is 5.26 Å². The molecule has 0 saturated heterocycles. The number of thioether (sulfide) groups is 1. The monoisotopic (exact) mass is 342 g/mol. The van der Waals surface area contributed by atoms with Crippen LogP contribution in [0, 0.1) is 11.3 Å².